The molecule has 1 aliphatic rings. The normalized spacial score (nSPS) is 23.6. The van der Waals surface area contributed by atoms with Gasteiger partial charge in [0.15, 0.2) is 0 Å². The fraction of sp³-hybridized carbons (Fsp3) is 0.706. The van der Waals surface area contributed by atoms with Crippen LogP contribution in [0.4, 0.5) is 13.2 Å². The Labute approximate surface area is 156 Å². The van der Waals surface area contributed by atoms with Crippen molar-refractivity contribution in [3.63, 3.8) is 0 Å². The molecular weight excluding hydrogens is 369 g/mol. The lowest BCUT2D eigenvalue weighted by molar-refractivity contribution is -0.192. The summed E-state index contributed by atoms with van der Waals surface area (Å²) in [6.45, 7) is 7.63. The standard InChI is InChI=1S/C15H26N2O3.C2HF3O2/c1-5-6-11-8-13(15(19)20)17-14(11)12(7-9(2)3)16-10(4)18;3-2(4,5)1(6)7/h5-6,9,11-14,17H,7-8H2,1-4H3,(H,16,18)(H,19,20);(H,6,7)/b6-5-;/t11-,12+,13-,14-;/m1./s1. The van der Waals surface area contributed by atoms with Crippen LogP contribution < -0.4 is 10.6 Å². The van der Waals surface area contributed by atoms with E-state index in [0.29, 0.717) is 12.3 Å². The van der Waals surface area contributed by atoms with Crippen LogP contribution in [-0.4, -0.2) is 52.4 Å². The molecule has 0 bridgehead atoms. The Bertz CT molecular complexity index is 549. The molecule has 0 aromatic rings. The highest BCUT2D eigenvalue weighted by Crippen LogP contribution is 2.27. The van der Waals surface area contributed by atoms with Gasteiger partial charge in [-0.05, 0) is 31.6 Å². The van der Waals surface area contributed by atoms with E-state index in [1.165, 1.54) is 6.92 Å². The van der Waals surface area contributed by atoms with Crippen LogP contribution in [0, 0.1) is 11.8 Å². The maximum Gasteiger partial charge on any atom is 0.490 e. The van der Waals surface area contributed by atoms with E-state index < -0.39 is 24.2 Å². The summed E-state index contributed by atoms with van der Waals surface area (Å²) >= 11 is 0. The zero-order valence-electron chi connectivity index (χ0n) is 15.7. The molecule has 27 heavy (non-hydrogen) atoms. The average molecular weight is 396 g/mol. The summed E-state index contributed by atoms with van der Waals surface area (Å²) in [6.07, 6.45) is 0.301. The topological polar surface area (TPSA) is 116 Å². The van der Waals surface area contributed by atoms with Crippen molar-refractivity contribution in [2.75, 3.05) is 0 Å². The molecule has 4 N–H and O–H groups in total. The van der Waals surface area contributed by atoms with Gasteiger partial charge in [0.2, 0.25) is 5.91 Å². The summed E-state index contributed by atoms with van der Waals surface area (Å²) in [4.78, 5) is 31.5. The predicted molar refractivity (Wildman–Crippen MR) is 92.0 cm³/mol. The zero-order chi connectivity index (χ0) is 21.4. The Hall–Kier alpha value is -2.10. The molecule has 1 aliphatic heterocycles. The Morgan fingerprint density at radius 2 is 1.78 bits per heavy atom. The average Bonchev–Trinajstić information content (AvgIpc) is 2.90. The molecule has 0 aromatic heterocycles. The van der Waals surface area contributed by atoms with Gasteiger partial charge in [0.1, 0.15) is 6.04 Å². The van der Waals surface area contributed by atoms with E-state index >= 15 is 0 Å². The maximum atomic E-state index is 11.4. The van der Waals surface area contributed by atoms with Crippen molar-refractivity contribution in [2.45, 2.75) is 64.8 Å². The van der Waals surface area contributed by atoms with E-state index in [0.717, 1.165) is 6.42 Å². The van der Waals surface area contributed by atoms with Gasteiger partial charge >= 0.3 is 18.1 Å². The van der Waals surface area contributed by atoms with E-state index in [9.17, 15) is 27.9 Å². The molecule has 7 nitrogen and oxygen atoms in total. The van der Waals surface area contributed by atoms with E-state index in [4.69, 9.17) is 9.90 Å². The first-order valence-corrected chi connectivity index (χ1v) is 8.48. The van der Waals surface area contributed by atoms with Gasteiger partial charge in [-0.3, -0.25) is 14.9 Å². The first-order chi connectivity index (χ1) is 12.3. The van der Waals surface area contributed by atoms with Crippen molar-refractivity contribution in [3.05, 3.63) is 12.2 Å². The summed E-state index contributed by atoms with van der Waals surface area (Å²) in [6, 6.07) is -0.610. The first-order valence-electron chi connectivity index (χ1n) is 8.48. The van der Waals surface area contributed by atoms with Crippen molar-refractivity contribution in [1.82, 2.24) is 10.6 Å². The number of aliphatic carboxylic acids is 2. The Morgan fingerprint density at radius 1 is 1.26 bits per heavy atom. The van der Waals surface area contributed by atoms with Crippen molar-refractivity contribution in [3.8, 4) is 0 Å². The minimum atomic E-state index is -5.08. The Kier molecular flexibility index (Phi) is 10.1. The van der Waals surface area contributed by atoms with Crippen LogP contribution >= 0.6 is 0 Å². The molecule has 1 rings (SSSR count). The number of carbonyl (C=O) groups excluding carboxylic acids is 1. The second-order valence-corrected chi connectivity index (χ2v) is 6.75. The number of carboxylic acid groups (broad SMARTS) is 2. The number of amides is 1. The molecule has 0 aromatic carbocycles. The van der Waals surface area contributed by atoms with Gasteiger partial charge in [-0.25, -0.2) is 4.79 Å². The monoisotopic (exact) mass is 396 g/mol. The minimum absolute atomic E-state index is 0.0291. The summed E-state index contributed by atoms with van der Waals surface area (Å²) in [5, 5.41) is 22.5. The zero-order valence-corrected chi connectivity index (χ0v) is 15.7. The quantitative estimate of drug-likeness (QED) is 0.512. The van der Waals surface area contributed by atoms with Gasteiger partial charge < -0.3 is 15.5 Å². The van der Waals surface area contributed by atoms with Crippen molar-refractivity contribution in [2.24, 2.45) is 11.8 Å². The number of hydrogen-bond donors (Lipinski definition) is 4. The molecule has 10 heteroatoms. The molecule has 0 radical (unpaired) electrons. The number of rotatable bonds is 6. The second kappa shape index (κ2) is 10.9. The third kappa shape index (κ3) is 9.41. The van der Waals surface area contributed by atoms with Crippen LogP contribution in [0.2, 0.25) is 0 Å². The maximum absolute atomic E-state index is 11.4. The van der Waals surface area contributed by atoms with E-state index in [1.54, 1.807) is 0 Å². The molecular formula is C17H27F3N2O5. The highest BCUT2D eigenvalue weighted by molar-refractivity contribution is 5.75. The van der Waals surface area contributed by atoms with Gasteiger partial charge in [-0.15, -0.1) is 0 Å². The molecule has 1 amide bonds. The van der Waals surface area contributed by atoms with Gasteiger partial charge in [0.05, 0.1) is 0 Å². The molecule has 1 heterocycles. The van der Waals surface area contributed by atoms with Crippen molar-refractivity contribution < 1.29 is 37.8 Å². The SMILES string of the molecule is C/C=C\[C@@H]1C[C@H](C(=O)O)N[C@H]1[C@H](CC(C)C)NC(C)=O.O=C(O)C(F)(F)F. The number of halogens is 3. The lowest BCUT2D eigenvalue weighted by Crippen LogP contribution is -2.51. The fourth-order valence-electron chi connectivity index (χ4n) is 2.94. The number of allylic oxidation sites excluding steroid dienone is 1. The smallest absolute Gasteiger partial charge is 0.480 e. The van der Waals surface area contributed by atoms with Crippen LogP contribution in [0.25, 0.3) is 0 Å². The molecule has 0 aliphatic carbocycles. The van der Waals surface area contributed by atoms with Crippen LogP contribution in [0.15, 0.2) is 12.2 Å². The van der Waals surface area contributed by atoms with Crippen molar-refractivity contribution in [1.29, 1.82) is 0 Å². The van der Waals surface area contributed by atoms with E-state index in [-0.39, 0.29) is 23.9 Å². The van der Waals surface area contributed by atoms with E-state index in [1.807, 2.05) is 19.1 Å². The molecule has 1 fully saturated rings. The molecule has 156 valence electrons. The Morgan fingerprint density at radius 3 is 2.11 bits per heavy atom. The number of nitrogens with one attached hydrogen (secondary N) is 2. The second-order valence-electron chi connectivity index (χ2n) is 6.75. The lowest BCUT2D eigenvalue weighted by Gasteiger charge is -2.29. The molecule has 1 saturated heterocycles. The Balaban J connectivity index is 0.000000821. The number of carboxylic acids is 2. The van der Waals surface area contributed by atoms with Gasteiger partial charge in [0.25, 0.3) is 0 Å². The van der Waals surface area contributed by atoms with Gasteiger partial charge in [-0.1, -0.05) is 26.0 Å². The number of carbonyl (C=O) groups is 3. The number of alkyl halides is 3. The third-order valence-electron chi connectivity index (χ3n) is 3.89. The largest absolute Gasteiger partial charge is 0.490 e. The van der Waals surface area contributed by atoms with Gasteiger partial charge in [0, 0.05) is 19.0 Å². The first kappa shape index (κ1) is 24.9. The fourth-order valence-corrected chi connectivity index (χ4v) is 2.94. The summed E-state index contributed by atoms with van der Waals surface area (Å²) in [5.41, 5.74) is 0. The highest BCUT2D eigenvalue weighted by Gasteiger charge is 2.40. The van der Waals surface area contributed by atoms with Crippen LogP contribution in [0.5, 0.6) is 0 Å². The third-order valence-corrected chi connectivity index (χ3v) is 3.89. The van der Waals surface area contributed by atoms with Crippen LogP contribution in [0.3, 0.4) is 0 Å². The van der Waals surface area contributed by atoms with Crippen molar-refractivity contribution >= 4 is 17.8 Å². The predicted octanol–water partition coefficient (Wildman–Crippen LogP) is 2.18. The van der Waals surface area contributed by atoms with Crippen LogP contribution in [-0.2, 0) is 14.4 Å². The minimum Gasteiger partial charge on any atom is -0.480 e. The summed E-state index contributed by atoms with van der Waals surface area (Å²) in [5.74, 6) is -3.09. The highest BCUT2D eigenvalue weighted by atomic mass is 19.4. The van der Waals surface area contributed by atoms with Crippen LogP contribution in [0.1, 0.15) is 40.5 Å². The lowest BCUT2D eigenvalue weighted by atomic mass is 9.88. The summed E-state index contributed by atoms with van der Waals surface area (Å²) in [7, 11) is 0. The summed E-state index contributed by atoms with van der Waals surface area (Å²) < 4.78 is 31.7. The van der Waals surface area contributed by atoms with Gasteiger partial charge in [-0.2, -0.15) is 13.2 Å². The molecule has 0 spiro atoms. The molecule has 0 unspecified atom stereocenters. The molecule has 4 atom stereocenters. The molecule has 0 saturated carbocycles. The number of hydrogen-bond acceptors (Lipinski definition) is 4. The van der Waals surface area contributed by atoms with E-state index in [2.05, 4.69) is 24.5 Å².